The lowest BCUT2D eigenvalue weighted by molar-refractivity contribution is 1.71. The lowest BCUT2D eigenvalue weighted by Crippen LogP contribution is -1.73. The molecular formula is C12H10. The van der Waals surface area contributed by atoms with Crippen molar-refractivity contribution in [2.45, 2.75) is 0 Å². The number of hydrogen-bond donors (Lipinski definition) is 0. The van der Waals surface area contributed by atoms with E-state index in [0.29, 0.717) is 0 Å². The quantitative estimate of drug-likeness (QED) is 0.591. The summed E-state index contributed by atoms with van der Waals surface area (Å²) in [6.07, 6.45) is 1.78. The predicted octanol–water partition coefficient (Wildman–Crippen LogP) is 3.48. The molecule has 0 atom stereocenters. The molecule has 0 saturated carbocycles. The first-order valence-corrected chi connectivity index (χ1v) is 3.94. The second-order valence-corrected chi connectivity index (χ2v) is 2.77. The van der Waals surface area contributed by atoms with Crippen molar-refractivity contribution in [2.75, 3.05) is 0 Å². The van der Waals surface area contributed by atoms with Gasteiger partial charge in [0.25, 0.3) is 0 Å². The molecule has 0 aliphatic heterocycles. The molecule has 0 unspecified atom stereocenters. The van der Waals surface area contributed by atoms with Gasteiger partial charge in [-0.05, 0) is 22.4 Å². The molecule has 0 aromatic heterocycles. The highest BCUT2D eigenvalue weighted by Gasteiger charge is 1.90. The lowest BCUT2D eigenvalue weighted by atomic mass is 10.1. The van der Waals surface area contributed by atoms with Crippen molar-refractivity contribution in [3.63, 3.8) is 0 Å². The summed E-state index contributed by atoms with van der Waals surface area (Å²) >= 11 is 0. The Morgan fingerprint density at radius 3 is 2.75 bits per heavy atom. The number of benzene rings is 2. The molecular weight excluding hydrogens is 144 g/mol. The second-order valence-electron chi connectivity index (χ2n) is 2.77. The molecule has 0 nitrogen and oxygen atoms in total. The first kappa shape index (κ1) is 6.01. The van der Waals surface area contributed by atoms with Gasteiger partial charge < -0.3 is 0 Å². The molecule has 0 aliphatic carbocycles. The summed E-state index contributed by atoms with van der Waals surface area (Å²) in [5.74, 6) is 0. The van der Waals surface area contributed by atoms with Crippen molar-refractivity contribution in [3.05, 3.63) is 54.6 Å². The van der Waals surface area contributed by atoms with Gasteiger partial charge in [-0.2, -0.15) is 0 Å². The van der Waals surface area contributed by atoms with E-state index in [4.69, 9.17) is 1.37 Å². The van der Waals surface area contributed by atoms with E-state index in [-0.39, 0.29) is 0 Å². The zero-order chi connectivity index (χ0) is 9.10. The molecule has 0 fully saturated rings. The summed E-state index contributed by atoms with van der Waals surface area (Å²) in [5, 5.41) is 2.46. The van der Waals surface area contributed by atoms with Crippen LogP contribution in [-0.4, -0.2) is 0 Å². The maximum atomic E-state index is 6.97. The van der Waals surface area contributed by atoms with E-state index in [2.05, 4.69) is 24.3 Å². The molecule has 2 rings (SSSR count). The van der Waals surface area contributed by atoms with Crippen LogP contribution >= 0.6 is 0 Å². The Kier molecular flexibility index (Phi) is 1.41. The maximum absolute atomic E-state index is 6.97. The van der Waals surface area contributed by atoms with Crippen LogP contribution in [0.25, 0.3) is 16.8 Å². The molecule has 12 heavy (non-hydrogen) atoms. The van der Waals surface area contributed by atoms with Crippen molar-refractivity contribution < 1.29 is 1.37 Å². The highest BCUT2D eigenvalue weighted by Crippen LogP contribution is 2.15. The van der Waals surface area contributed by atoms with Crippen LogP contribution in [-0.2, 0) is 0 Å². The summed E-state index contributed by atoms with van der Waals surface area (Å²) in [4.78, 5) is 0. The summed E-state index contributed by atoms with van der Waals surface area (Å²) in [5.41, 5.74) is 1.08. The van der Waals surface area contributed by atoms with E-state index < -0.39 is 0 Å². The fourth-order valence-corrected chi connectivity index (χ4v) is 1.31. The first-order valence-electron chi connectivity index (χ1n) is 4.51. The third-order valence-corrected chi connectivity index (χ3v) is 1.97. The van der Waals surface area contributed by atoms with Gasteiger partial charge in [-0.25, -0.2) is 0 Å². The Hall–Kier alpha value is -1.56. The standard InChI is InChI=1S/C12H10/c1-2-10-7-8-11-5-3-4-6-12(11)9-10/h2-9H,1H2/i1D. The van der Waals surface area contributed by atoms with Crippen molar-refractivity contribution in [2.24, 2.45) is 0 Å². The Morgan fingerprint density at radius 2 is 1.92 bits per heavy atom. The van der Waals surface area contributed by atoms with Crippen LogP contribution in [0.2, 0.25) is 0 Å². The molecule has 0 aliphatic rings. The largest absolute Gasteiger partial charge is 0.0985 e. The highest BCUT2D eigenvalue weighted by molar-refractivity contribution is 5.84. The van der Waals surface area contributed by atoms with Crippen molar-refractivity contribution in [1.82, 2.24) is 0 Å². The zero-order valence-corrected chi connectivity index (χ0v) is 6.70. The average Bonchev–Trinajstić information content (AvgIpc) is 2.18. The molecule has 0 heteroatoms. The summed E-state index contributed by atoms with van der Waals surface area (Å²) in [6.45, 7) is 1.31. The Labute approximate surface area is 73.6 Å². The molecule has 0 saturated heterocycles. The molecule has 0 heterocycles. The molecule has 58 valence electrons. The predicted molar refractivity (Wildman–Crippen MR) is 54.0 cm³/mol. The fourth-order valence-electron chi connectivity index (χ4n) is 1.31. The van der Waals surface area contributed by atoms with Gasteiger partial charge in [-0.3, -0.25) is 0 Å². The molecule has 0 bridgehead atoms. The normalized spacial score (nSPS) is 12.2. The maximum Gasteiger partial charge on any atom is 0.0538 e. The zero-order valence-electron chi connectivity index (χ0n) is 7.70. The van der Waals surface area contributed by atoms with Crippen LogP contribution in [0.1, 0.15) is 6.93 Å². The molecule has 0 amide bonds. The molecule has 0 N–H and O–H groups in total. The number of rotatable bonds is 1. The van der Waals surface area contributed by atoms with Crippen LogP contribution < -0.4 is 0 Å². The van der Waals surface area contributed by atoms with E-state index in [1.807, 2.05) is 18.2 Å². The minimum atomic E-state index is 1.08. The van der Waals surface area contributed by atoms with Gasteiger partial charge >= 0.3 is 0 Å². The van der Waals surface area contributed by atoms with E-state index in [0.717, 1.165) is 5.56 Å². The monoisotopic (exact) mass is 155 g/mol. The Balaban J connectivity index is 2.62. The van der Waals surface area contributed by atoms with Gasteiger partial charge in [-0.15, -0.1) is 0 Å². The molecule has 0 radical (unpaired) electrons. The molecule has 0 spiro atoms. The summed E-state index contributed by atoms with van der Waals surface area (Å²) in [7, 11) is 0. The van der Waals surface area contributed by atoms with E-state index in [9.17, 15) is 0 Å². The van der Waals surface area contributed by atoms with Crippen molar-refractivity contribution in [1.29, 1.82) is 0 Å². The van der Waals surface area contributed by atoms with Gasteiger partial charge in [0.2, 0.25) is 0 Å². The van der Waals surface area contributed by atoms with Crippen LogP contribution in [0.4, 0.5) is 0 Å². The Bertz CT molecular complexity index is 444. The van der Waals surface area contributed by atoms with Gasteiger partial charge in [-0.1, -0.05) is 49.0 Å². The van der Waals surface area contributed by atoms with Gasteiger partial charge in [0, 0.05) is 0 Å². The van der Waals surface area contributed by atoms with E-state index >= 15 is 0 Å². The molecule has 2 aromatic carbocycles. The topological polar surface area (TPSA) is 0 Å². The third-order valence-electron chi connectivity index (χ3n) is 1.97. The highest BCUT2D eigenvalue weighted by atomic mass is 14.0. The first-order chi connectivity index (χ1) is 6.40. The number of hydrogen-bond acceptors (Lipinski definition) is 0. The van der Waals surface area contributed by atoms with Gasteiger partial charge in [0.05, 0.1) is 1.37 Å². The van der Waals surface area contributed by atoms with Crippen LogP contribution in [0, 0.1) is 0 Å². The van der Waals surface area contributed by atoms with Crippen molar-refractivity contribution >= 4 is 16.8 Å². The van der Waals surface area contributed by atoms with Crippen LogP contribution in [0.3, 0.4) is 0 Å². The van der Waals surface area contributed by atoms with Gasteiger partial charge in [0.1, 0.15) is 0 Å². The Morgan fingerprint density at radius 1 is 1.08 bits per heavy atom. The minimum Gasteiger partial charge on any atom is -0.0985 e. The van der Waals surface area contributed by atoms with E-state index in [1.54, 1.807) is 6.08 Å². The van der Waals surface area contributed by atoms with E-state index in [1.165, 1.54) is 17.3 Å². The van der Waals surface area contributed by atoms with Gasteiger partial charge in [0.15, 0.2) is 0 Å². The van der Waals surface area contributed by atoms with Crippen LogP contribution in [0.15, 0.2) is 49.0 Å². The number of fused-ring (bicyclic) bond motifs is 1. The minimum absolute atomic E-state index is 1.08. The average molecular weight is 155 g/mol. The van der Waals surface area contributed by atoms with Crippen LogP contribution in [0.5, 0.6) is 0 Å². The lowest BCUT2D eigenvalue weighted by Gasteiger charge is -1.97. The second kappa shape index (κ2) is 2.82. The van der Waals surface area contributed by atoms with Crippen molar-refractivity contribution in [3.8, 4) is 0 Å². The fraction of sp³-hybridized carbons (Fsp3) is 0. The smallest absolute Gasteiger partial charge is 0.0538 e. The third kappa shape index (κ3) is 1.12. The summed E-state index contributed by atoms with van der Waals surface area (Å²) in [6, 6.07) is 14.4. The molecule has 2 aromatic rings. The summed E-state index contributed by atoms with van der Waals surface area (Å²) < 4.78 is 6.97. The SMILES string of the molecule is [2H]C=Cc1ccc2ccccc2c1.